The van der Waals surface area contributed by atoms with Crippen molar-refractivity contribution >= 4 is 0 Å². The molecule has 0 aliphatic heterocycles. The van der Waals surface area contributed by atoms with E-state index in [1.165, 1.54) is 12.1 Å². The second kappa shape index (κ2) is 5.48. The van der Waals surface area contributed by atoms with Crippen LogP contribution >= 0.6 is 0 Å². The molecule has 0 saturated heterocycles. The van der Waals surface area contributed by atoms with Crippen LogP contribution < -0.4 is 4.74 Å². The average Bonchev–Trinajstić information content (AvgIpc) is 2.77. The molecule has 0 bridgehead atoms. The van der Waals surface area contributed by atoms with Crippen LogP contribution in [0.25, 0.3) is 0 Å². The minimum Gasteiger partial charge on any atom is -0.486 e. The zero-order valence-electron chi connectivity index (χ0n) is 9.77. The van der Waals surface area contributed by atoms with E-state index in [4.69, 9.17) is 4.74 Å². The van der Waals surface area contributed by atoms with E-state index in [9.17, 15) is 4.39 Å². The summed E-state index contributed by atoms with van der Waals surface area (Å²) in [6.07, 6.45) is 4.60. The van der Waals surface area contributed by atoms with E-state index < -0.39 is 0 Å². The summed E-state index contributed by atoms with van der Waals surface area (Å²) in [4.78, 5) is 0. The van der Waals surface area contributed by atoms with Crippen molar-refractivity contribution in [3.05, 3.63) is 48.0 Å². The summed E-state index contributed by atoms with van der Waals surface area (Å²) in [6.45, 7) is 3.42. The second-order valence-electron chi connectivity index (χ2n) is 3.85. The van der Waals surface area contributed by atoms with Gasteiger partial charge in [-0.2, -0.15) is 5.10 Å². The van der Waals surface area contributed by atoms with Gasteiger partial charge in [0.25, 0.3) is 0 Å². The molecule has 4 heteroatoms. The fourth-order valence-corrected chi connectivity index (χ4v) is 1.52. The molecule has 1 aromatic heterocycles. The maximum Gasteiger partial charge on any atom is 0.157 e. The van der Waals surface area contributed by atoms with Crippen molar-refractivity contribution in [1.82, 2.24) is 9.78 Å². The number of benzene rings is 1. The van der Waals surface area contributed by atoms with E-state index in [1.807, 2.05) is 10.9 Å². The molecule has 17 heavy (non-hydrogen) atoms. The lowest BCUT2D eigenvalue weighted by atomic mass is 10.2. The smallest absolute Gasteiger partial charge is 0.157 e. The zero-order valence-corrected chi connectivity index (χ0v) is 9.77. The van der Waals surface area contributed by atoms with Gasteiger partial charge in [-0.1, -0.05) is 19.1 Å². The molecule has 1 heterocycles. The molecule has 90 valence electrons. The Labute approximate surface area is 99.8 Å². The molecule has 0 fully saturated rings. The summed E-state index contributed by atoms with van der Waals surface area (Å²) in [6, 6.07) is 6.29. The van der Waals surface area contributed by atoms with Crippen LogP contribution in [-0.2, 0) is 13.2 Å². The Morgan fingerprint density at radius 1 is 1.29 bits per heavy atom. The van der Waals surface area contributed by atoms with Gasteiger partial charge in [0, 0.05) is 6.54 Å². The van der Waals surface area contributed by atoms with Crippen LogP contribution in [0.4, 0.5) is 4.39 Å². The lowest BCUT2D eigenvalue weighted by Crippen LogP contribution is -1.96. The van der Waals surface area contributed by atoms with Gasteiger partial charge in [0.15, 0.2) is 5.75 Å². The van der Waals surface area contributed by atoms with Gasteiger partial charge in [0.1, 0.15) is 12.4 Å². The van der Waals surface area contributed by atoms with Crippen LogP contribution in [0.3, 0.4) is 0 Å². The summed E-state index contributed by atoms with van der Waals surface area (Å²) in [7, 11) is 0. The molecule has 0 saturated carbocycles. The molecule has 0 amide bonds. The molecular formula is C13H15FN2O. The first-order valence-electron chi connectivity index (χ1n) is 5.67. The van der Waals surface area contributed by atoms with E-state index in [0.29, 0.717) is 6.61 Å². The molecule has 1 aromatic carbocycles. The third-order valence-corrected chi connectivity index (χ3v) is 2.38. The van der Waals surface area contributed by atoms with Gasteiger partial charge >= 0.3 is 0 Å². The molecule has 0 N–H and O–H groups in total. The van der Waals surface area contributed by atoms with Gasteiger partial charge in [-0.15, -0.1) is 0 Å². The minimum atomic E-state index is -0.232. The van der Waals surface area contributed by atoms with E-state index >= 15 is 0 Å². The maximum atomic E-state index is 12.7. The van der Waals surface area contributed by atoms with Crippen molar-refractivity contribution < 1.29 is 9.13 Å². The minimum absolute atomic E-state index is 0.232. The normalized spacial score (nSPS) is 10.5. The van der Waals surface area contributed by atoms with E-state index in [2.05, 4.69) is 12.0 Å². The van der Waals surface area contributed by atoms with Crippen molar-refractivity contribution in [3.63, 3.8) is 0 Å². The summed E-state index contributed by atoms with van der Waals surface area (Å²) >= 11 is 0. The fraction of sp³-hybridized carbons (Fsp3) is 0.308. The lowest BCUT2D eigenvalue weighted by molar-refractivity contribution is 0.305. The molecule has 0 aliphatic rings. The van der Waals surface area contributed by atoms with Crippen LogP contribution in [-0.4, -0.2) is 9.78 Å². The molecule has 2 aromatic rings. The van der Waals surface area contributed by atoms with E-state index in [1.54, 1.807) is 18.3 Å². The molecule has 0 spiro atoms. The SMILES string of the molecule is CCCn1cc(OCc2ccc(F)cc2)cn1. The molecule has 0 aliphatic carbocycles. The Morgan fingerprint density at radius 2 is 2.06 bits per heavy atom. The lowest BCUT2D eigenvalue weighted by Gasteiger charge is -2.03. The third kappa shape index (κ3) is 3.31. The van der Waals surface area contributed by atoms with Gasteiger partial charge in [-0.05, 0) is 24.1 Å². The predicted octanol–water partition coefficient (Wildman–Crippen LogP) is 3.01. The van der Waals surface area contributed by atoms with Gasteiger partial charge in [-0.25, -0.2) is 4.39 Å². The molecule has 2 rings (SSSR count). The highest BCUT2D eigenvalue weighted by Crippen LogP contribution is 2.12. The molecule has 0 atom stereocenters. The first kappa shape index (κ1) is 11.6. The number of aromatic nitrogens is 2. The predicted molar refractivity (Wildman–Crippen MR) is 63.3 cm³/mol. The molecule has 0 radical (unpaired) electrons. The standard InChI is InChI=1S/C13H15FN2O/c1-2-7-16-9-13(8-15-16)17-10-11-3-5-12(14)6-4-11/h3-6,8-9H,2,7,10H2,1H3. The van der Waals surface area contributed by atoms with E-state index in [0.717, 1.165) is 24.3 Å². The Balaban J connectivity index is 1.90. The maximum absolute atomic E-state index is 12.7. The van der Waals surface area contributed by atoms with Crippen LogP contribution in [0.15, 0.2) is 36.7 Å². The second-order valence-corrected chi connectivity index (χ2v) is 3.85. The number of hydrogen-bond donors (Lipinski definition) is 0. The first-order chi connectivity index (χ1) is 8.28. The zero-order chi connectivity index (χ0) is 12.1. The summed E-state index contributed by atoms with van der Waals surface area (Å²) < 4.78 is 20.1. The number of halogens is 1. The molecule has 3 nitrogen and oxygen atoms in total. The topological polar surface area (TPSA) is 27.1 Å². The number of nitrogens with zero attached hydrogens (tertiary/aromatic N) is 2. The van der Waals surface area contributed by atoms with Crippen molar-refractivity contribution in [2.24, 2.45) is 0 Å². The van der Waals surface area contributed by atoms with Crippen molar-refractivity contribution in [2.45, 2.75) is 26.5 Å². The summed E-state index contributed by atoms with van der Waals surface area (Å²) in [5.41, 5.74) is 0.939. The highest BCUT2D eigenvalue weighted by atomic mass is 19.1. The van der Waals surface area contributed by atoms with Gasteiger partial charge < -0.3 is 4.74 Å². The Bertz CT molecular complexity index is 465. The summed E-state index contributed by atoms with van der Waals surface area (Å²) in [5, 5.41) is 4.16. The average molecular weight is 234 g/mol. The monoisotopic (exact) mass is 234 g/mol. The van der Waals surface area contributed by atoms with Crippen molar-refractivity contribution in [2.75, 3.05) is 0 Å². The Kier molecular flexibility index (Phi) is 3.75. The number of aryl methyl sites for hydroxylation is 1. The highest BCUT2D eigenvalue weighted by Gasteiger charge is 2.00. The molecular weight excluding hydrogens is 219 g/mol. The number of rotatable bonds is 5. The van der Waals surface area contributed by atoms with Gasteiger partial charge in [0.05, 0.1) is 12.4 Å². The Morgan fingerprint density at radius 3 is 2.76 bits per heavy atom. The molecule has 0 unspecified atom stereocenters. The highest BCUT2D eigenvalue weighted by molar-refractivity contribution is 5.17. The van der Waals surface area contributed by atoms with Crippen LogP contribution in [0.1, 0.15) is 18.9 Å². The number of hydrogen-bond acceptors (Lipinski definition) is 2. The quantitative estimate of drug-likeness (QED) is 0.795. The summed E-state index contributed by atoms with van der Waals surface area (Å²) in [5.74, 6) is 0.507. The van der Waals surface area contributed by atoms with E-state index in [-0.39, 0.29) is 5.82 Å². The Hall–Kier alpha value is -1.84. The van der Waals surface area contributed by atoms with Crippen molar-refractivity contribution in [1.29, 1.82) is 0 Å². The first-order valence-corrected chi connectivity index (χ1v) is 5.67. The number of ether oxygens (including phenoxy) is 1. The fourth-order valence-electron chi connectivity index (χ4n) is 1.52. The van der Waals surface area contributed by atoms with Crippen LogP contribution in [0.5, 0.6) is 5.75 Å². The largest absolute Gasteiger partial charge is 0.486 e. The third-order valence-electron chi connectivity index (χ3n) is 2.38. The van der Waals surface area contributed by atoms with Crippen molar-refractivity contribution in [3.8, 4) is 5.75 Å². The van der Waals surface area contributed by atoms with Gasteiger partial charge in [0.2, 0.25) is 0 Å². The van der Waals surface area contributed by atoms with Crippen LogP contribution in [0, 0.1) is 5.82 Å². The van der Waals surface area contributed by atoms with Crippen LogP contribution in [0.2, 0.25) is 0 Å². The van der Waals surface area contributed by atoms with Gasteiger partial charge in [-0.3, -0.25) is 4.68 Å².